The highest BCUT2D eigenvalue weighted by atomic mass is 32.2. The second-order valence-electron chi connectivity index (χ2n) is 7.07. The zero-order valence-electron chi connectivity index (χ0n) is 20.2. The van der Waals surface area contributed by atoms with Crippen molar-refractivity contribution in [2.45, 2.75) is 20.0 Å². The molecule has 2 aromatic rings. The lowest BCUT2D eigenvalue weighted by Gasteiger charge is -2.07. The van der Waals surface area contributed by atoms with Gasteiger partial charge in [-0.3, -0.25) is 21.5 Å². The molecule has 2 aliphatic heterocycles. The Morgan fingerprint density at radius 3 is 1.58 bits per heavy atom. The first kappa shape index (κ1) is 30.2. The van der Waals surface area contributed by atoms with Crippen LogP contribution in [0.1, 0.15) is 30.5 Å². The summed E-state index contributed by atoms with van der Waals surface area (Å²) in [4.78, 5) is 1.48. The lowest BCUT2D eigenvalue weighted by atomic mass is 9.99. The summed E-state index contributed by atoms with van der Waals surface area (Å²) in [5, 5.41) is 43.4. The molecule has 0 unspecified atom stereocenters. The van der Waals surface area contributed by atoms with Gasteiger partial charge in [-0.05, 0) is 65.8 Å². The number of alkyl halides is 3. The quantitative estimate of drug-likeness (QED) is 0.224. The van der Waals surface area contributed by atoms with Crippen LogP contribution in [0, 0.1) is 33.5 Å². The van der Waals surface area contributed by atoms with Crippen molar-refractivity contribution in [2.24, 2.45) is 0 Å². The maximum Gasteiger partial charge on any atom is 0.416 e. The van der Waals surface area contributed by atoms with Gasteiger partial charge in [0.2, 0.25) is 0 Å². The standard InChI is InChI=1S/C18H10N4S2.C7H6F3NO.C2H6/c19-9-13(15-4-6-17(21)23-15)11-2-1-3-12(8-11)14(10-20)16-5-7-18(22)24-16;8-7(9,10)5-1-3-6(11-12)4-2-5;1-2/h1-8,21-22H;1-4,11-12H;1-2H3/b15-13+,16-14+,21-17?,22-18?;;. The average molecular weight is 554 g/mol. The van der Waals surface area contributed by atoms with E-state index in [1.54, 1.807) is 29.8 Å². The first-order chi connectivity index (χ1) is 18.2. The fourth-order valence-electron chi connectivity index (χ4n) is 3.03. The SMILES string of the molecule is CC.N#C/C(=C1/C=CC(=N)S1)c1cccc(/C(C#N)=C2\C=CC(=N)S2)c1.ONc1ccc(C(F)(F)F)cc1. The minimum absolute atomic E-state index is 0.225. The molecule has 2 aromatic carbocycles. The zero-order chi connectivity index (χ0) is 28.3. The number of nitrogens with zero attached hydrogens (tertiary/aromatic N) is 2. The summed E-state index contributed by atoms with van der Waals surface area (Å²) in [7, 11) is 0. The van der Waals surface area contributed by atoms with Gasteiger partial charge >= 0.3 is 6.18 Å². The van der Waals surface area contributed by atoms with E-state index in [9.17, 15) is 23.7 Å². The minimum Gasteiger partial charge on any atom is -0.294 e. The summed E-state index contributed by atoms with van der Waals surface area (Å²) in [6.45, 7) is 4.00. The Balaban J connectivity index is 0.000000305. The second-order valence-corrected chi connectivity index (χ2v) is 9.24. The summed E-state index contributed by atoms with van der Waals surface area (Å²) in [5.74, 6) is 0. The van der Waals surface area contributed by atoms with Crippen molar-refractivity contribution in [2.75, 3.05) is 5.48 Å². The highest BCUT2D eigenvalue weighted by Crippen LogP contribution is 2.36. The average Bonchev–Trinajstić information content (AvgIpc) is 3.54. The lowest BCUT2D eigenvalue weighted by molar-refractivity contribution is -0.137. The first-order valence-electron chi connectivity index (χ1n) is 11.0. The molecule has 0 saturated heterocycles. The third-order valence-electron chi connectivity index (χ3n) is 4.71. The van der Waals surface area contributed by atoms with E-state index in [1.165, 1.54) is 23.5 Å². The van der Waals surface area contributed by atoms with Gasteiger partial charge in [-0.1, -0.05) is 55.6 Å². The summed E-state index contributed by atoms with van der Waals surface area (Å²) in [6.07, 6.45) is 2.52. The molecule has 0 spiro atoms. The topological polar surface area (TPSA) is 128 Å². The van der Waals surface area contributed by atoms with Crippen LogP contribution < -0.4 is 5.48 Å². The smallest absolute Gasteiger partial charge is 0.294 e. The van der Waals surface area contributed by atoms with Crippen LogP contribution in [0.2, 0.25) is 0 Å². The normalized spacial score (nSPS) is 16.4. The van der Waals surface area contributed by atoms with Crippen LogP contribution in [0.5, 0.6) is 0 Å². The zero-order valence-corrected chi connectivity index (χ0v) is 21.9. The van der Waals surface area contributed by atoms with E-state index >= 15 is 0 Å². The molecule has 6 nitrogen and oxygen atoms in total. The summed E-state index contributed by atoms with van der Waals surface area (Å²) < 4.78 is 35.8. The molecule has 0 amide bonds. The summed E-state index contributed by atoms with van der Waals surface area (Å²) >= 11 is 2.50. The van der Waals surface area contributed by atoms with Gasteiger partial charge in [-0.15, -0.1) is 0 Å². The Labute approximate surface area is 226 Å². The van der Waals surface area contributed by atoms with Crippen LogP contribution in [0.25, 0.3) is 11.1 Å². The fourth-order valence-corrected chi connectivity index (χ4v) is 4.58. The Hall–Kier alpha value is -4.03. The van der Waals surface area contributed by atoms with Crippen molar-refractivity contribution in [3.05, 3.63) is 99.3 Å². The van der Waals surface area contributed by atoms with Crippen LogP contribution in [0.3, 0.4) is 0 Å². The van der Waals surface area contributed by atoms with E-state index in [0.29, 0.717) is 32.4 Å². The fraction of sp³-hybridized carbons (Fsp3) is 0.111. The predicted molar refractivity (Wildman–Crippen MR) is 149 cm³/mol. The lowest BCUT2D eigenvalue weighted by Crippen LogP contribution is -2.04. The van der Waals surface area contributed by atoms with E-state index in [-0.39, 0.29) is 5.69 Å². The van der Waals surface area contributed by atoms with Crippen molar-refractivity contribution in [3.63, 3.8) is 0 Å². The highest BCUT2D eigenvalue weighted by molar-refractivity contribution is 8.18. The largest absolute Gasteiger partial charge is 0.416 e. The number of nitrogens with one attached hydrogen (secondary N) is 3. The predicted octanol–water partition coefficient (Wildman–Crippen LogP) is 8.25. The van der Waals surface area contributed by atoms with E-state index in [4.69, 9.17) is 16.0 Å². The maximum atomic E-state index is 11.9. The van der Waals surface area contributed by atoms with Gasteiger partial charge < -0.3 is 0 Å². The van der Waals surface area contributed by atoms with Crippen molar-refractivity contribution >= 4 is 50.4 Å². The molecule has 0 atom stereocenters. The van der Waals surface area contributed by atoms with E-state index in [1.807, 2.05) is 38.1 Å². The second kappa shape index (κ2) is 14.1. The van der Waals surface area contributed by atoms with E-state index in [2.05, 4.69) is 12.1 Å². The molecule has 0 radical (unpaired) electrons. The Bertz CT molecular complexity index is 1330. The molecule has 2 aliphatic rings. The molecule has 11 heteroatoms. The Morgan fingerprint density at radius 2 is 1.26 bits per heavy atom. The number of anilines is 1. The monoisotopic (exact) mass is 553 g/mol. The molecule has 0 saturated carbocycles. The summed E-state index contributed by atoms with van der Waals surface area (Å²) in [5.41, 5.74) is 3.64. The Kier molecular flexibility index (Phi) is 11.2. The number of nitriles is 2. The van der Waals surface area contributed by atoms with Crippen molar-refractivity contribution < 1.29 is 18.4 Å². The van der Waals surface area contributed by atoms with Gasteiger partial charge in [-0.25, -0.2) is 0 Å². The van der Waals surface area contributed by atoms with Crippen molar-refractivity contribution in [1.82, 2.24) is 0 Å². The van der Waals surface area contributed by atoms with Gasteiger partial charge in [0.05, 0.1) is 32.5 Å². The van der Waals surface area contributed by atoms with Crippen LogP contribution in [0.15, 0.2) is 82.6 Å². The highest BCUT2D eigenvalue weighted by Gasteiger charge is 2.29. The van der Waals surface area contributed by atoms with Crippen LogP contribution in [0.4, 0.5) is 18.9 Å². The van der Waals surface area contributed by atoms with Gasteiger partial charge in [0.15, 0.2) is 0 Å². The molecule has 0 aromatic heterocycles. The van der Waals surface area contributed by atoms with Crippen LogP contribution in [-0.2, 0) is 6.18 Å². The van der Waals surface area contributed by atoms with Gasteiger partial charge in [0.25, 0.3) is 0 Å². The molecule has 194 valence electrons. The first-order valence-corrected chi connectivity index (χ1v) is 12.7. The minimum atomic E-state index is -4.33. The molecule has 4 N–H and O–H groups in total. The van der Waals surface area contributed by atoms with E-state index in [0.717, 1.165) is 34.1 Å². The summed E-state index contributed by atoms with van der Waals surface area (Å²) in [6, 6.07) is 15.7. The number of rotatable bonds is 3. The number of hydrogen-bond acceptors (Lipinski definition) is 8. The van der Waals surface area contributed by atoms with Gasteiger partial charge in [0.1, 0.15) is 12.1 Å². The number of allylic oxidation sites excluding steroid dienone is 4. The molecular weight excluding hydrogens is 531 g/mol. The van der Waals surface area contributed by atoms with Crippen molar-refractivity contribution in [3.8, 4) is 12.1 Å². The Morgan fingerprint density at radius 1 is 0.816 bits per heavy atom. The molecule has 4 rings (SSSR count). The third-order valence-corrected chi connectivity index (χ3v) is 6.54. The molecular formula is C27H22F3N5OS2. The number of benzene rings is 2. The molecule has 0 aliphatic carbocycles. The number of halogens is 3. The van der Waals surface area contributed by atoms with E-state index < -0.39 is 11.7 Å². The van der Waals surface area contributed by atoms with Gasteiger partial charge in [-0.2, -0.15) is 23.7 Å². The molecule has 0 bridgehead atoms. The number of hydrogen-bond donors (Lipinski definition) is 4. The molecule has 38 heavy (non-hydrogen) atoms. The number of thioether (sulfide) groups is 2. The van der Waals surface area contributed by atoms with Crippen LogP contribution >= 0.6 is 23.5 Å². The molecule has 0 fully saturated rings. The van der Waals surface area contributed by atoms with Crippen molar-refractivity contribution in [1.29, 1.82) is 21.3 Å². The molecule has 2 heterocycles. The third kappa shape index (κ3) is 7.98. The maximum absolute atomic E-state index is 11.9. The van der Waals surface area contributed by atoms with Gasteiger partial charge in [0, 0.05) is 9.81 Å². The van der Waals surface area contributed by atoms with Crippen LogP contribution in [-0.4, -0.2) is 15.3 Å².